The first-order valence-electron chi connectivity index (χ1n) is 18.8. The summed E-state index contributed by atoms with van der Waals surface area (Å²) in [5.74, 6) is 1.56. The molecule has 5 aromatic rings. The smallest absolute Gasteiger partial charge is 0.319 e. The van der Waals surface area contributed by atoms with Crippen molar-refractivity contribution in [2.45, 2.75) is 57.5 Å². The Balaban J connectivity index is 0.990. The number of nitrogens with zero attached hydrogens (tertiary/aromatic N) is 1. The quantitative estimate of drug-likeness (QED) is 0.111. The van der Waals surface area contributed by atoms with Gasteiger partial charge >= 0.3 is 6.03 Å². The van der Waals surface area contributed by atoms with E-state index in [0.717, 1.165) is 71.7 Å². The number of hydrogen-bond donors (Lipinski definition) is 3. The number of amides is 2. The summed E-state index contributed by atoms with van der Waals surface area (Å²) in [7, 11) is 1.77. The fraction of sp³-hybridized carbons (Fsp3) is 0.311. The van der Waals surface area contributed by atoms with Gasteiger partial charge in [-0.3, -0.25) is 4.90 Å². The highest BCUT2D eigenvalue weighted by atomic mass is 16.7. The number of aliphatic hydroxyl groups is 1. The van der Waals surface area contributed by atoms with E-state index in [1.54, 1.807) is 7.11 Å². The molecule has 280 valence electrons. The third-order valence-corrected chi connectivity index (χ3v) is 10.4. The minimum atomic E-state index is -0.534. The van der Waals surface area contributed by atoms with E-state index < -0.39 is 6.29 Å². The number of methoxy groups -OCH3 is 1. The number of nitrogens with one attached hydrogen (secondary N) is 2. The van der Waals surface area contributed by atoms with Gasteiger partial charge < -0.3 is 34.7 Å². The highest BCUT2D eigenvalue weighted by Crippen LogP contribution is 2.42. The van der Waals surface area contributed by atoms with Crippen LogP contribution in [0.15, 0.2) is 127 Å². The molecule has 0 bridgehead atoms. The molecule has 3 N–H and O–H groups in total. The van der Waals surface area contributed by atoms with E-state index in [0.29, 0.717) is 24.0 Å². The number of hydrogen-bond acceptors (Lipinski definition) is 7. The van der Waals surface area contributed by atoms with Crippen LogP contribution in [-0.4, -0.2) is 55.0 Å². The molecule has 2 heterocycles. The zero-order valence-electron chi connectivity index (χ0n) is 30.9. The molecular weight excluding hydrogens is 679 g/mol. The van der Waals surface area contributed by atoms with Crippen molar-refractivity contribution < 1.29 is 28.8 Å². The van der Waals surface area contributed by atoms with Crippen molar-refractivity contribution in [3.05, 3.63) is 150 Å². The predicted molar refractivity (Wildman–Crippen MR) is 210 cm³/mol. The van der Waals surface area contributed by atoms with Gasteiger partial charge in [-0.15, -0.1) is 0 Å². The summed E-state index contributed by atoms with van der Waals surface area (Å²) in [6.45, 7) is 5.16. The minimum absolute atomic E-state index is 0.00821. The molecule has 0 spiro atoms. The van der Waals surface area contributed by atoms with Gasteiger partial charge in [0.05, 0.1) is 25.4 Å². The summed E-state index contributed by atoms with van der Waals surface area (Å²) in [4.78, 5) is 15.2. The van der Waals surface area contributed by atoms with Crippen LogP contribution in [-0.2, 0) is 27.4 Å². The molecule has 9 nitrogen and oxygen atoms in total. The van der Waals surface area contributed by atoms with Crippen molar-refractivity contribution in [2.24, 2.45) is 5.92 Å². The molecule has 5 atom stereocenters. The van der Waals surface area contributed by atoms with Crippen LogP contribution in [0.1, 0.15) is 54.4 Å². The summed E-state index contributed by atoms with van der Waals surface area (Å²) < 4.78 is 24.9. The van der Waals surface area contributed by atoms with E-state index in [9.17, 15) is 9.90 Å². The van der Waals surface area contributed by atoms with Crippen molar-refractivity contribution in [3.8, 4) is 22.6 Å². The second kappa shape index (κ2) is 17.9. The van der Waals surface area contributed by atoms with Gasteiger partial charge in [0.1, 0.15) is 11.5 Å². The summed E-state index contributed by atoms with van der Waals surface area (Å²) in [5, 5.41) is 15.5. The number of benzene rings is 5. The van der Waals surface area contributed by atoms with Crippen molar-refractivity contribution >= 4 is 11.7 Å². The average Bonchev–Trinajstić information content (AvgIpc) is 3.65. The zero-order chi connectivity index (χ0) is 37.3. The third kappa shape index (κ3) is 9.36. The lowest BCUT2D eigenvalue weighted by Gasteiger charge is -2.43. The number of ether oxygens (including phenoxy) is 4. The van der Waals surface area contributed by atoms with Crippen LogP contribution in [0.2, 0.25) is 0 Å². The molecule has 0 unspecified atom stereocenters. The van der Waals surface area contributed by atoms with Crippen molar-refractivity contribution in [1.82, 2.24) is 10.2 Å². The van der Waals surface area contributed by atoms with E-state index in [-0.39, 0.29) is 30.8 Å². The molecule has 9 heteroatoms. The van der Waals surface area contributed by atoms with Crippen LogP contribution in [0.3, 0.4) is 0 Å². The van der Waals surface area contributed by atoms with Crippen molar-refractivity contribution in [2.75, 3.05) is 32.1 Å². The number of carbonyl (C=O) groups is 1. The normalized spacial score (nSPS) is 21.4. The Morgan fingerprint density at radius 3 is 2.30 bits per heavy atom. The Labute approximate surface area is 317 Å². The lowest BCUT2D eigenvalue weighted by atomic mass is 9.89. The van der Waals surface area contributed by atoms with Crippen molar-refractivity contribution in [1.29, 1.82) is 0 Å². The van der Waals surface area contributed by atoms with Crippen molar-refractivity contribution in [3.63, 3.8) is 0 Å². The second-order valence-corrected chi connectivity index (χ2v) is 14.1. The van der Waals surface area contributed by atoms with Crippen LogP contribution in [0, 0.1) is 5.92 Å². The Morgan fingerprint density at radius 1 is 0.815 bits per heavy atom. The number of carbonyl (C=O) groups excluding carboxylic acids is 1. The van der Waals surface area contributed by atoms with Gasteiger partial charge in [0.2, 0.25) is 0 Å². The molecule has 0 aromatic heterocycles. The predicted octanol–water partition coefficient (Wildman–Crippen LogP) is 8.86. The summed E-state index contributed by atoms with van der Waals surface area (Å²) >= 11 is 0. The molecule has 5 aromatic carbocycles. The van der Waals surface area contributed by atoms with Gasteiger partial charge in [0.25, 0.3) is 0 Å². The SMILES string of the molecule is COC[C@@H]1CCCN1C[C@H]1O[C@@H](c2ccc(-c3cccc(CNC(=O)Nc4ccc(Oc5ccccc5)cc4)c3)cc2)O[C@@H](c2ccc(CO)cc2)[C@H]1C. The lowest BCUT2D eigenvalue weighted by Crippen LogP contribution is -2.46. The van der Waals surface area contributed by atoms with E-state index in [4.69, 9.17) is 18.9 Å². The Morgan fingerprint density at radius 2 is 1.56 bits per heavy atom. The zero-order valence-corrected chi connectivity index (χ0v) is 30.9. The molecule has 0 radical (unpaired) electrons. The molecule has 2 saturated heterocycles. The molecule has 2 fully saturated rings. The maximum Gasteiger partial charge on any atom is 0.319 e. The topological polar surface area (TPSA) is 102 Å². The van der Waals surface area contributed by atoms with E-state index >= 15 is 0 Å². The van der Waals surface area contributed by atoms with Crippen LogP contribution in [0.4, 0.5) is 10.5 Å². The maximum atomic E-state index is 12.7. The standard InChI is InChI=1S/C45H49N3O6/c1-31-42(28-48-25-7-10-39(48)30-51-2)53-44(54-43(31)35-15-13-32(29-49)14-16-35)36-19-17-34(18-20-36)37-9-6-8-33(26-37)27-46-45(50)47-38-21-23-41(24-22-38)52-40-11-4-3-5-12-40/h3-6,8-9,11-24,26,31,39,42-44,49H,7,10,25,27-30H2,1-2H3,(H2,46,47,50)/t31-,39-,42+,43+,44+/m0/s1. The fourth-order valence-electron chi connectivity index (χ4n) is 7.36. The number of aliphatic hydroxyl groups excluding tert-OH is 1. The molecule has 2 aliphatic heterocycles. The number of para-hydroxylation sites is 1. The van der Waals surface area contributed by atoms with Gasteiger partial charge in [-0.2, -0.15) is 0 Å². The summed E-state index contributed by atoms with van der Waals surface area (Å²) in [6, 6.07) is 41.5. The highest BCUT2D eigenvalue weighted by molar-refractivity contribution is 5.89. The average molecular weight is 728 g/mol. The fourth-order valence-corrected chi connectivity index (χ4v) is 7.36. The Hall–Kier alpha value is -5.03. The van der Waals surface area contributed by atoms with E-state index in [2.05, 4.69) is 71.0 Å². The molecule has 0 saturated carbocycles. The number of urea groups is 1. The molecular formula is C45H49N3O6. The third-order valence-electron chi connectivity index (χ3n) is 10.4. The minimum Gasteiger partial charge on any atom is -0.457 e. The first-order chi connectivity index (χ1) is 26.4. The first kappa shape index (κ1) is 37.3. The van der Waals surface area contributed by atoms with E-state index in [1.165, 1.54) is 0 Å². The van der Waals surface area contributed by atoms with Gasteiger partial charge in [-0.1, -0.05) is 91.9 Å². The molecule has 2 aliphatic rings. The second-order valence-electron chi connectivity index (χ2n) is 14.1. The van der Waals surface area contributed by atoms with Gasteiger partial charge in [0, 0.05) is 43.4 Å². The van der Waals surface area contributed by atoms with Gasteiger partial charge in [-0.25, -0.2) is 4.79 Å². The number of anilines is 1. The van der Waals surface area contributed by atoms with Crippen LogP contribution < -0.4 is 15.4 Å². The Bertz CT molecular complexity index is 1940. The molecule has 0 aliphatic carbocycles. The molecule has 54 heavy (non-hydrogen) atoms. The summed E-state index contributed by atoms with van der Waals surface area (Å²) in [5.41, 5.74) is 6.67. The number of likely N-dealkylation sites (tertiary alicyclic amines) is 1. The Kier molecular flexibility index (Phi) is 12.3. The monoisotopic (exact) mass is 727 g/mol. The largest absolute Gasteiger partial charge is 0.457 e. The highest BCUT2D eigenvalue weighted by Gasteiger charge is 2.40. The van der Waals surface area contributed by atoms with Crippen LogP contribution >= 0.6 is 0 Å². The van der Waals surface area contributed by atoms with Crippen LogP contribution in [0.5, 0.6) is 11.5 Å². The first-order valence-corrected chi connectivity index (χ1v) is 18.8. The van der Waals surface area contributed by atoms with Gasteiger partial charge in [0.15, 0.2) is 6.29 Å². The summed E-state index contributed by atoms with van der Waals surface area (Å²) in [6.07, 6.45) is 1.55. The molecule has 7 rings (SSSR count). The van der Waals surface area contributed by atoms with Crippen LogP contribution in [0.25, 0.3) is 11.1 Å². The molecule has 2 amide bonds. The maximum absolute atomic E-state index is 12.7. The van der Waals surface area contributed by atoms with Gasteiger partial charge in [-0.05, 0) is 89.7 Å². The number of rotatable bonds is 13. The lowest BCUT2D eigenvalue weighted by molar-refractivity contribution is -0.276. The van der Waals surface area contributed by atoms with E-state index in [1.807, 2.05) is 78.9 Å².